The van der Waals surface area contributed by atoms with E-state index in [1.807, 2.05) is 6.08 Å². The predicted octanol–water partition coefficient (Wildman–Crippen LogP) is 4.37. The second-order valence-electron chi connectivity index (χ2n) is 8.62. The normalized spacial score (nSPS) is 48.3. The van der Waals surface area contributed by atoms with Crippen LogP contribution in [0.2, 0.25) is 0 Å². The van der Waals surface area contributed by atoms with Gasteiger partial charge in [-0.3, -0.25) is 9.59 Å². The summed E-state index contributed by atoms with van der Waals surface area (Å²) in [5.41, 5.74) is 1.54. The van der Waals surface area contributed by atoms with Gasteiger partial charge in [0.2, 0.25) is 0 Å². The summed E-state index contributed by atoms with van der Waals surface area (Å²) in [6.07, 6.45) is 12.5. The molecule has 0 radical (unpaired) electrons. The lowest BCUT2D eigenvalue weighted by Gasteiger charge is -2.56. The van der Waals surface area contributed by atoms with Gasteiger partial charge in [-0.15, -0.1) is 12.6 Å². The molecule has 0 aromatic rings. The second-order valence-corrected chi connectivity index (χ2v) is 9.06. The van der Waals surface area contributed by atoms with Crippen LogP contribution in [0.15, 0.2) is 23.8 Å². The number of allylic oxidation sites excluding steroid dienone is 4. The molecule has 4 rings (SSSR count). The van der Waals surface area contributed by atoms with E-state index in [9.17, 15) is 9.59 Å². The van der Waals surface area contributed by atoms with Crippen LogP contribution in [0, 0.1) is 34.5 Å². The van der Waals surface area contributed by atoms with Gasteiger partial charge >= 0.3 is 0 Å². The standard InChI is InChI=1S/C20H26O2S/c1-19-9-7-13(21)11-12(19)3-4-14-15-5-6-17(18(22)23)20(15,2)10-8-16(14)19/h7,9,11,14-17H,3-6,8,10H2,1-2H3,(H,22,23)/t14-,15-,16-,17+,19-,20-/m0/s1. The van der Waals surface area contributed by atoms with Gasteiger partial charge in [0.25, 0.3) is 0 Å². The third kappa shape index (κ3) is 2.08. The molecule has 124 valence electrons. The highest BCUT2D eigenvalue weighted by molar-refractivity contribution is 7.96. The van der Waals surface area contributed by atoms with Gasteiger partial charge in [0, 0.05) is 11.3 Å². The van der Waals surface area contributed by atoms with Crippen LogP contribution in [0.3, 0.4) is 0 Å². The Hall–Kier alpha value is -0.830. The quantitative estimate of drug-likeness (QED) is 0.725. The van der Waals surface area contributed by atoms with Gasteiger partial charge in [-0.2, -0.15) is 0 Å². The lowest BCUT2D eigenvalue weighted by atomic mass is 9.48. The zero-order chi connectivity index (χ0) is 16.4. The SMILES string of the molecule is C[C@]12CC[C@H]3[C@@H](CCC4=CC(=O)C=C[C@@]43C)[C@@H]1CC[C@@H]2C(=O)S. The molecule has 0 saturated heterocycles. The maximum absolute atomic E-state index is 12.0. The van der Waals surface area contributed by atoms with Crippen molar-refractivity contribution in [3.63, 3.8) is 0 Å². The Morgan fingerprint density at radius 1 is 1.17 bits per heavy atom. The van der Waals surface area contributed by atoms with Crippen LogP contribution in [0.1, 0.15) is 52.4 Å². The highest BCUT2D eigenvalue weighted by Gasteiger charge is 2.59. The minimum Gasteiger partial charge on any atom is -0.290 e. The number of hydrogen-bond donors (Lipinski definition) is 1. The number of ketones is 1. The molecule has 3 fully saturated rings. The average Bonchev–Trinajstić information content (AvgIpc) is 2.85. The molecule has 0 aliphatic heterocycles. The maximum Gasteiger partial charge on any atom is 0.189 e. The Balaban J connectivity index is 1.68. The molecule has 0 aromatic carbocycles. The van der Waals surface area contributed by atoms with Gasteiger partial charge < -0.3 is 0 Å². The van der Waals surface area contributed by atoms with Gasteiger partial charge in [-0.1, -0.05) is 25.5 Å². The van der Waals surface area contributed by atoms with Crippen molar-refractivity contribution in [2.24, 2.45) is 34.5 Å². The monoisotopic (exact) mass is 330 g/mol. The molecular weight excluding hydrogens is 304 g/mol. The third-order valence-corrected chi connectivity index (χ3v) is 8.17. The van der Waals surface area contributed by atoms with Crippen molar-refractivity contribution in [2.45, 2.75) is 52.4 Å². The minimum atomic E-state index is 0.0568. The number of carbonyl (C=O) groups excluding carboxylic acids is 2. The summed E-state index contributed by atoms with van der Waals surface area (Å²) in [6.45, 7) is 4.67. The van der Waals surface area contributed by atoms with Crippen LogP contribution in [0.25, 0.3) is 0 Å². The molecule has 0 spiro atoms. The summed E-state index contributed by atoms with van der Waals surface area (Å²) in [6, 6.07) is 0. The summed E-state index contributed by atoms with van der Waals surface area (Å²) >= 11 is 4.19. The van der Waals surface area contributed by atoms with Crippen molar-refractivity contribution in [3.05, 3.63) is 23.8 Å². The minimum absolute atomic E-state index is 0.0568. The van der Waals surface area contributed by atoms with Crippen molar-refractivity contribution < 1.29 is 9.59 Å². The second kappa shape index (κ2) is 5.08. The van der Waals surface area contributed by atoms with E-state index in [0.717, 1.165) is 19.3 Å². The van der Waals surface area contributed by atoms with E-state index in [2.05, 4.69) is 32.6 Å². The molecule has 6 atom stereocenters. The largest absolute Gasteiger partial charge is 0.290 e. The predicted molar refractivity (Wildman–Crippen MR) is 94.1 cm³/mol. The molecule has 3 saturated carbocycles. The van der Waals surface area contributed by atoms with Crippen molar-refractivity contribution in [2.75, 3.05) is 0 Å². The molecule has 4 aliphatic rings. The molecule has 3 heteroatoms. The van der Waals surface area contributed by atoms with E-state index in [0.29, 0.717) is 17.8 Å². The maximum atomic E-state index is 12.0. The van der Waals surface area contributed by atoms with E-state index in [4.69, 9.17) is 0 Å². The van der Waals surface area contributed by atoms with E-state index in [1.54, 1.807) is 6.08 Å². The first-order valence-corrected chi connectivity index (χ1v) is 9.48. The first-order chi connectivity index (χ1) is 10.9. The fourth-order valence-electron chi connectivity index (χ4n) is 6.60. The number of rotatable bonds is 1. The Morgan fingerprint density at radius 2 is 1.96 bits per heavy atom. The highest BCUT2D eigenvalue weighted by Crippen LogP contribution is 2.66. The molecule has 0 unspecified atom stereocenters. The highest BCUT2D eigenvalue weighted by atomic mass is 32.1. The Morgan fingerprint density at radius 3 is 2.70 bits per heavy atom. The third-order valence-electron chi connectivity index (χ3n) is 7.85. The first kappa shape index (κ1) is 15.7. The van der Waals surface area contributed by atoms with Crippen LogP contribution in [0.5, 0.6) is 0 Å². The van der Waals surface area contributed by atoms with Crippen LogP contribution in [-0.4, -0.2) is 10.9 Å². The van der Waals surface area contributed by atoms with Crippen LogP contribution >= 0.6 is 12.6 Å². The Bertz CT molecular complexity index is 634. The first-order valence-electron chi connectivity index (χ1n) is 9.03. The summed E-state index contributed by atoms with van der Waals surface area (Å²) < 4.78 is 0. The average molecular weight is 330 g/mol. The van der Waals surface area contributed by atoms with Crippen molar-refractivity contribution >= 4 is 23.5 Å². The number of thiol groups is 1. The number of carbonyl (C=O) groups is 2. The zero-order valence-corrected chi connectivity index (χ0v) is 14.9. The van der Waals surface area contributed by atoms with Crippen LogP contribution in [-0.2, 0) is 9.59 Å². The molecule has 0 N–H and O–H groups in total. The fourth-order valence-corrected chi connectivity index (χ4v) is 7.03. The molecule has 0 aromatic heterocycles. The Labute approximate surface area is 144 Å². The van der Waals surface area contributed by atoms with E-state index < -0.39 is 0 Å². The molecule has 23 heavy (non-hydrogen) atoms. The van der Waals surface area contributed by atoms with Crippen molar-refractivity contribution in [1.29, 1.82) is 0 Å². The van der Waals surface area contributed by atoms with Gasteiger partial charge in [0.1, 0.15) is 0 Å². The number of fused-ring (bicyclic) bond motifs is 5. The molecular formula is C20H26O2S. The summed E-state index contributed by atoms with van der Waals surface area (Å²) in [5, 5.41) is 0.0965. The smallest absolute Gasteiger partial charge is 0.189 e. The van der Waals surface area contributed by atoms with Crippen LogP contribution < -0.4 is 0 Å². The molecule has 2 nitrogen and oxygen atoms in total. The molecule has 4 aliphatic carbocycles. The summed E-state index contributed by atoms with van der Waals surface area (Å²) in [7, 11) is 0. The van der Waals surface area contributed by atoms with E-state index in [-0.39, 0.29) is 27.6 Å². The summed E-state index contributed by atoms with van der Waals surface area (Å²) in [5.74, 6) is 2.25. The summed E-state index contributed by atoms with van der Waals surface area (Å²) in [4.78, 5) is 23.8. The van der Waals surface area contributed by atoms with E-state index in [1.165, 1.54) is 24.8 Å². The topological polar surface area (TPSA) is 34.1 Å². The van der Waals surface area contributed by atoms with Gasteiger partial charge in [0.15, 0.2) is 10.9 Å². The fraction of sp³-hybridized carbons (Fsp3) is 0.700. The van der Waals surface area contributed by atoms with Gasteiger partial charge in [-0.05, 0) is 73.8 Å². The number of hydrogen-bond acceptors (Lipinski definition) is 2. The lowest BCUT2D eigenvalue weighted by molar-refractivity contribution is -0.120. The van der Waals surface area contributed by atoms with Gasteiger partial charge in [0.05, 0.1) is 0 Å². The van der Waals surface area contributed by atoms with Crippen LogP contribution in [0.4, 0.5) is 0 Å². The van der Waals surface area contributed by atoms with Crippen molar-refractivity contribution in [3.8, 4) is 0 Å². The molecule has 0 heterocycles. The molecule has 0 amide bonds. The van der Waals surface area contributed by atoms with Gasteiger partial charge in [-0.25, -0.2) is 0 Å². The molecule has 0 bridgehead atoms. The lowest BCUT2D eigenvalue weighted by Crippen LogP contribution is -2.50. The van der Waals surface area contributed by atoms with E-state index >= 15 is 0 Å². The van der Waals surface area contributed by atoms with Crippen molar-refractivity contribution in [1.82, 2.24) is 0 Å². The Kier molecular flexibility index (Phi) is 3.46. The zero-order valence-electron chi connectivity index (χ0n) is 14.0.